The van der Waals surface area contributed by atoms with Crippen molar-refractivity contribution in [2.24, 2.45) is 0 Å². The number of carbonyl (C=O) groups excluding carboxylic acids is 2. The van der Waals surface area contributed by atoms with Crippen LogP contribution in [-0.4, -0.2) is 17.9 Å². The zero-order valence-electron chi connectivity index (χ0n) is 8.30. The van der Waals surface area contributed by atoms with E-state index in [4.69, 9.17) is 0 Å². The molecule has 84 valence electrons. The smallest absolute Gasteiger partial charge is 0.257 e. The Kier molecular flexibility index (Phi) is 2.83. The van der Waals surface area contributed by atoms with Crippen molar-refractivity contribution in [3.05, 3.63) is 27.1 Å². The molecule has 0 saturated carbocycles. The predicted molar refractivity (Wildman–Crippen MR) is 64.7 cm³/mol. The van der Waals surface area contributed by atoms with Gasteiger partial charge in [0, 0.05) is 3.57 Å². The standard InChI is InChI=1S/C10H8FIN2O2/c1-4-9(15)14-8-6(12)3-2-5(11)7(8)10(16)13-4/h2-4H,1H3,(H,13,16)(H,14,15). The largest absolute Gasteiger partial charge is 0.340 e. The number of halogens is 2. The van der Waals surface area contributed by atoms with Gasteiger partial charge < -0.3 is 10.6 Å². The van der Waals surface area contributed by atoms with Crippen molar-refractivity contribution in [1.82, 2.24) is 5.32 Å². The van der Waals surface area contributed by atoms with E-state index >= 15 is 0 Å². The monoisotopic (exact) mass is 334 g/mol. The van der Waals surface area contributed by atoms with Gasteiger partial charge in [0.05, 0.1) is 11.3 Å². The minimum atomic E-state index is -0.671. The Hall–Kier alpha value is -1.18. The maximum atomic E-state index is 13.5. The van der Waals surface area contributed by atoms with E-state index in [2.05, 4.69) is 10.6 Å². The molecule has 6 heteroatoms. The summed E-state index contributed by atoms with van der Waals surface area (Å²) in [6.45, 7) is 1.55. The number of nitrogens with one attached hydrogen (secondary N) is 2. The van der Waals surface area contributed by atoms with Crippen molar-refractivity contribution in [3.8, 4) is 0 Å². The molecular weight excluding hydrogens is 326 g/mol. The van der Waals surface area contributed by atoms with Crippen LogP contribution in [0.2, 0.25) is 0 Å². The van der Waals surface area contributed by atoms with E-state index in [1.807, 2.05) is 22.6 Å². The molecule has 4 nitrogen and oxygen atoms in total. The first-order valence-corrected chi connectivity index (χ1v) is 5.68. The molecule has 1 aromatic carbocycles. The molecule has 0 aliphatic carbocycles. The van der Waals surface area contributed by atoms with Gasteiger partial charge in [-0.25, -0.2) is 4.39 Å². The van der Waals surface area contributed by atoms with Gasteiger partial charge in [-0.2, -0.15) is 0 Å². The average Bonchev–Trinajstić information content (AvgIpc) is 2.33. The fourth-order valence-electron chi connectivity index (χ4n) is 1.46. The summed E-state index contributed by atoms with van der Waals surface area (Å²) < 4.78 is 14.2. The third-order valence-electron chi connectivity index (χ3n) is 2.32. The second kappa shape index (κ2) is 4.00. The lowest BCUT2D eigenvalue weighted by molar-refractivity contribution is -0.117. The van der Waals surface area contributed by atoms with Gasteiger partial charge in [-0.05, 0) is 41.6 Å². The molecule has 2 amide bonds. The summed E-state index contributed by atoms with van der Waals surface area (Å²) in [7, 11) is 0. The maximum Gasteiger partial charge on any atom is 0.257 e. The Balaban J connectivity index is 2.64. The molecular formula is C10H8FIN2O2. The number of benzene rings is 1. The van der Waals surface area contributed by atoms with Crippen LogP contribution in [-0.2, 0) is 4.79 Å². The number of anilines is 1. The fourth-order valence-corrected chi connectivity index (χ4v) is 2.05. The zero-order valence-corrected chi connectivity index (χ0v) is 10.5. The van der Waals surface area contributed by atoms with E-state index in [0.717, 1.165) is 0 Å². The quantitative estimate of drug-likeness (QED) is 0.707. The normalized spacial score (nSPS) is 19.6. The second-order valence-corrected chi connectivity index (χ2v) is 4.63. The molecule has 16 heavy (non-hydrogen) atoms. The first-order chi connectivity index (χ1) is 7.50. The summed E-state index contributed by atoms with van der Waals surface area (Å²) in [5.41, 5.74) is 0.136. The maximum absolute atomic E-state index is 13.5. The van der Waals surface area contributed by atoms with Gasteiger partial charge >= 0.3 is 0 Å². The molecule has 1 heterocycles. The Labute approximate surface area is 105 Å². The van der Waals surface area contributed by atoms with Crippen molar-refractivity contribution in [2.75, 3.05) is 5.32 Å². The minimum Gasteiger partial charge on any atom is -0.340 e. The summed E-state index contributed by atoms with van der Waals surface area (Å²) in [5, 5.41) is 4.96. The Morgan fingerprint density at radius 3 is 2.75 bits per heavy atom. The number of hydrogen-bond acceptors (Lipinski definition) is 2. The second-order valence-electron chi connectivity index (χ2n) is 3.46. The minimum absolute atomic E-state index is 0.107. The highest BCUT2D eigenvalue weighted by Gasteiger charge is 2.28. The van der Waals surface area contributed by atoms with E-state index in [1.54, 1.807) is 6.92 Å². The van der Waals surface area contributed by atoms with E-state index in [9.17, 15) is 14.0 Å². The number of hydrogen-bond donors (Lipinski definition) is 2. The van der Waals surface area contributed by atoms with Crippen LogP contribution in [0.4, 0.5) is 10.1 Å². The van der Waals surface area contributed by atoms with Crippen molar-refractivity contribution < 1.29 is 14.0 Å². The molecule has 2 rings (SSSR count). The van der Waals surface area contributed by atoms with Crippen molar-refractivity contribution in [1.29, 1.82) is 0 Å². The summed E-state index contributed by atoms with van der Waals surface area (Å²) in [5.74, 6) is -1.56. The number of fused-ring (bicyclic) bond motifs is 1. The van der Waals surface area contributed by atoms with E-state index in [1.165, 1.54) is 12.1 Å². The SMILES string of the molecule is CC1NC(=O)c2c(F)ccc(I)c2NC1=O. The van der Waals surface area contributed by atoms with Gasteiger partial charge in [-0.3, -0.25) is 9.59 Å². The van der Waals surface area contributed by atoms with Crippen LogP contribution in [0.3, 0.4) is 0 Å². The molecule has 1 atom stereocenters. The number of amides is 2. The van der Waals surface area contributed by atoms with Crippen LogP contribution < -0.4 is 10.6 Å². The Morgan fingerprint density at radius 1 is 1.38 bits per heavy atom. The number of rotatable bonds is 0. The third kappa shape index (κ3) is 1.77. The average molecular weight is 334 g/mol. The van der Waals surface area contributed by atoms with Crippen LogP contribution in [0.25, 0.3) is 0 Å². The molecule has 1 aromatic rings. The number of carbonyl (C=O) groups is 2. The molecule has 0 saturated heterocycles. The summed E-state index contributed by atoms with van der Waals surface area (Å²) in [4.78, 5) is 23.2. The van der Waals surface area contributed by atoms with E-state index < -0.39 is 17.8 Å². The van der Waals surface area contributed by atoms with Gasteiger partial charge in [0.25, 0.3) is 5.91 Å². The zero-order chi connectivity index (χ0) is 11.9. The summed E-state index contributed by atoms with van der Waals surface area (Å²) in [6, 6.07) is 2.05. The highest BCUT2D eigenvalue weighted by atomic mass is 127. The van der Waals surface area contributed by atoms with Crippen molar-refractivity contribution >= 4 is 40.1 Å². The molecule has 1 aliphatic rings. The highest BCUT2D eigenvalue weighted by Crippen LogP contribution is 2.27. The van der Waals surface area contributed by atoms with Crippen LogP contribution in [0.15, 0.2) is 12.1 Å². The van der Waals surface area contributed by atoms with Crippen molar-refractivity contribution in [3.63, 3.8) is 0 Å². The van der Waals surface area contributed by atoms with E-state index in [0.29, 0.717) is 3.57 Å². The van der Waals surface area contributed by atoms with Crippen LogP contribution in [0, 0.1) is 9.39 Å². The molecule has 0 bridgehead atoms. The van der Waals surface area contributed by atoms with Crippen LogP contribution in [0.5, 0.6) is 0 Å². The van der Waals surface area contributed by atoms with Crippen LogP contribution >= 0.6 is 22.6 Å². The van der Waals surface area contributed by atoms with Gasteiger partial charge in [0.2, 0.25) is 5.91 Å². The van der Waals surface area contributed by atoms with Crippen molar-refractivity contribution in [2.45, 2.75) is 13.0 Å². The lowest BCUT2D eigenvalue weighted by Crippen LogP contribution is -2.38. The summed E-state index contributed by atoms with van der Waals surface area (Å²) in [6.07, 6.45) is 0. The molecule has 0 radical (unpaired) electrons. The molecule has 1 aliphatic heterocycles. The van der Waals surface area contributed by atoms with E-state index in [-0.39, 0.29) is 17.2 Å². The molecule has 0 fully saturated rings. The lowest BCUT2D eigenvalue weighted by atomic mass is 10.1. The first-order valence-electron chi connectivity index (χ1n) is 4.60. The third-order valence-corrected chi connectivity index (χ3v) is 3.22. The Morgan fingerprint density at radius 2 is 2.06 bits per heavy atom. The lowest BCUT2D eigenvalue weighted by Gasteiger charge is -2.08. The van der Waals surface area contributed by atoms with Crippen LogP contribution in [0.1, 0.15) is 17.3 Å². The van der Waals surface area contributed by atoms with Gasteiger partial charge in [-0.15, -0.1) is 0 Å². The fraction of sp³-hybridized carbons (Fsp3) is 0.200. The molecule has 0 aromatic heterocycles. The first kappa shape index (κ1) is 11.3. The van der Waals surface area contributed by atoms with Gasteiger partial charge in [0.15, 0.2) is 0 Å². The predicted octanol–water partition coefficient (Wildman–Crippen LogP) is 1.50. The topological polar surface area (TPSA) is 58.2 Å². The summed E-state index contributed by atoms with van der Waals surface area (Å²) >= 11 is 1.94. The van der Waals surface area contributed by atoms with Gasteiger partial charge in [-0.1, -0.05) is 0 Å². The van der Waals surface area contributed by atoms with Gasteiger partial charge in [0.1, 0.15) is 11.9 Å². The molecule has 1 unspecified atom stereocenters. The molecule has 2 N–H and O–H groups in total. The highest BCUT2D eigenvalue weighted by molar-refractivity contribution is 14.1. The molecule has 0 spiro atoms. The Bertz CT molecular complexity index is 490.